The van der Waals surface area contributed by atoms with E-state index in [4.69, 9.17) is 14.2 Å². The van der Waals surface area contributed by atoms with Gasteiger partial charge in [-0.1, -0.05) is 0 Å². The Bertz CT molecular complexity index is 354. The van der Waals surface area contributed by atoms with Crippen LogP contribution in [-0.2, 0) is 4.74 Å². The molecule has 0 atom stereocenters. The summed E-state index contributed by atoms with van der Waals surface area (Å²) in [6, 6.07) is 6.96. The van der Waals surface area contributed by atoms with Crippen LogP contribution in [0.5, 0.6) is 11.5 Å². The normalized spacial score (nSPS) is 9.67. The Labute approximate surface area is 106 Å². The number of amides is 2. The minimum atomic E-state index is -0.282. The van der Waals surface area contributed by atoms with E-state index in [1.807, 2.05) is 24.3 Å². The highest BCUT2D eigenvalue weighted by molar-refractivity contribution is 5.73. The molecule has 0 aliphatic rings. The van der Waals surface area contributed by atoms with E-state index in [2.05, 4.69) is 10.6 Å². The summed E-state index contributed by atoms with van der Waals surface area (Å²) in [5.74, 6) is 1.51. The first-order chi connectivity index (χ1) is 8.76. The molecule has 0 aliphatic carbocycles. The molecule has 0 heterocycles. The van der Waals surface area contributed by atoms with Crippen LogP contribution in [0.3, 0.4) is 0 Å². The van der Waals surface area contributed by atoms with E-state index in [0.29, 0.717) is 13.2 Å². The van der Waals surface area contributed by atoms with Gasteiger partial charge in [0.1, 0.15) is 24.8 Å². The van der Waals surface area contributed by atoms with Crippen LogP contribution in [0.15, 0.2) is 24.3 Å². The number of hydrogen-bond acceptors (Lipinski definition) is 4. The van der Waals surface area contributed by atoms with Gasteiger partial charge in [-0.05, 0) is 24.3 Å². The Hall–Kier alpha value is -1.95. The lowest BCUT2D eigenvalue weighted by atomic mass is 10.3. The number of benzene rings is 1. The molecule has 0 fully saturated rings. The van der Waals surface area contributed by atoms with Gasteiger partial charge in [0.25, 0.3) is 0 Å². The van der Waals surface area contributed by atoms with Crippen molar-refractivity contribution < 1.29 is 19.0 Å². The summed E-state index contributed by atoms with van der Waals surface area (Å²) in [7, 11) is 3.12. The molecule has 0 bridgehead atoms. The van der Waals surface area contributed by atoms with Gasteiger partial charge in [-0.25, -0.2) is 4.79 Å². The minimum Gasteiger partial charge on any atom is -0.497 e. The first kappa shape index (κ1) is 14.1. The second-order valence-electron chi connectivity index (χ2n) is 3.39. The van der Waals surface area contributed by atoms with Crippen molar-refractivity contribution in [3.05, 3.63) is 24.3 Å². The number of carbonyl (C=O) groups is 1. The van der Waals surface area contributed by atoms with Crippen LogP contribution in [0.25, 0.3) is 0 Å². The van der Waals surface area contributed by atoms with Gasteiger partial charge in [-0.15, -0.1) is 0 Å². The maximum atomic E-state index is 11.1. The predicted molar refractivity (Wildman–Crippen MR) is 66.9 cm³/mol. The number of hydrogen-bond donors (Lipinski definition) is 2. The maximum Gasteiger partial charge on any atom is 0.316 e. The van der Waals surface area contributed by atoms with Crippen LogP contribution in [-0.4, -0.2) is 40.1 Å². The lowest BCUT2D eigenvalue weighted by Gasteiger charge is -2.09. The molecule has 18 heavy (non-hydrogen) atoms. The zero-order chi connectivity index (χ0) is 13.2. The molecule has 0 aromatic heterocycles. The molecule has 0 radical (unpaired) electrons. The van der Waals surface area contributed by atoms with Crippen molar-refractivity contribution in [2.75, 3.05) is 34.1 Å². The van der Waals surface area contributed by atoms with Crippen molar-refractivity contribution in [2.24, 2.45) is 0 Å². The lowest BCUT2D eigenvalue weighted by molar-refractivity contribution is 0.171. The van der Waals surface area contributed by atoms with Crippen LogP contribution < -0.4 is 20.1 Å². The minimum absolute atomic E-state index is 0.186. The van der Waals surface area contributed by atoms with Gasteiger partial charge in [0, 0.05) is 7.11 Å². The van der Waals surface area contributed by atoms with Crippen LogP contribution in [0.1, 0.15) is 0 Å². The third-order valence-corrected chi connectivity index (χ3v) is 2.09. The van der Waals surface area contributed by atoms with Gasteiger partial charge in [-0.3, -0.25) is 0 Å². The van der Waals surface area contributed by atoms with E-state index in [1.54, 1.807) is 7.11 Å². The Morgan fingerprint density at radius 2 is 1.78 bits per heavy atom. The second kappa shape index (κ2) is 8.19. The molecule has 1 aromatic carbocycles. The molecule has 0 aliphatic heterocycles. The van der Waals surface area contributed by atoms with Crippen LogP contribution in [0, 0.1) is 0 Å². The summed E-state index contributed by atoms with van der Waals surface area (Å²) in [6.07, 6.45) is 0. The van der Waals surface area contributed by atoms with E-state index in [1.165, 1.54) is 7.11 Å². The second-order valence-corrected chi connectivity index (χ2v) is 3.39. The highest BCUT2D eigenvalue weighted by Crippen LogP contribution is 2.16. The zero-order valence-corrected chi connectivity index (χ0v) is 10.6. The number of ether oxygens (including phenoxy) is 3. The summed E-state index contributed by atoms with van der Waals surface area (Å²) in [4.78, 5) is 11.1. The SMILES string of the molecule is COCNC(=O)NCCOc1ccc(OC)cc1. The van der Waals surface area contributed by atoms with Crippen LogP contribution in [0.2, 0.25) is 0 Å². The van der Waals surface area contributed by atoms with Gasteiger partial charge in [-0.2, -0.15) is 0 Å². The topological polar surface area (TPSA) is 68.8 Å². The van der Waals surface area contributed by atoms with Gasteiger partial charge >= 0.3 is 6.03 Å². The van der Waals surface area contributed by atoms with Crippen LogP contribution in [0.4, 0.5) is 4.79 Å². The van der Waals surface area contributed by atoms with E-state index in [-0.39, 0.29) is 12.8 Å². The molecule has 1 rings (SSSR count). The Balaban J connectivity index is 2.15. The molecule has 100 valence electrons. The average Bonchev–Trinajstić information content (AvgIpc) is 2.42. The number of urea groups is 1. The van der Waals surface area contributed by atoms with Crippen LogP contribution >= 0.6 is 0 Å². The molecule has 1 aromatic rings. The monoisotopic (exact) mass is 254 g/mol. The van der Waals surface area contributed by atoms with Crippen molar-refractivity contribution in [1.82, 2.24) is 10.6 Å². The fourth-order valence-corrected chi connectivity index (χ4v) is 1.21. The van der Waals surface area contributed by atoms with Crippen molar-refractivity contribution in [3.63, 3.8) is 0 Å². The average molecular weight is 254 g/mol. The Morgan fingerprint density at radius 3 is 2.39 bits per heavy atom. The van der Waals surface area contributed by atoms with E-state index in [9.17, 15) is 4.79 Å². The molecule has 6 nitrogen and oxygen atoms in total. The van der Waals surface area contributed by atoms with E-state index in [0.717, 1.165) is 11.5 Å². The molecular formula is C12H18N2O4. The number of rotatable bonds is 7. The Morgan fingerprint density at radius 1 is 1.11 bits per heavy atom. The fourth-order valence-electron chi connectivity index (χ4n) is 1.21. The molecule has 0 unspecified atom stereocenters. The largest absolute Gasteiger partial charge is 0.497 e. The van der Waals surface area contributed by atoms with E-state index >= 15 is 0 Å². The van der Waals surface area contributed by atoms with Gasteiger partial charge in [0.2, 0.25) is 0 Å². The number of nitrogens with one attached hydrogen (secondary N) is 2. The first-order valence-corrected chi connectivity index (χ1v) is 5.53. The van der Waals surface area contributed by atoms with Crippen molar-refractivity contribution in [3.8, 4) is 11.5 Å². The quantitative estimate of drug-likeness (QED) is 0.562. The predicted octanol–water partition coefficient (Wildman–Crippen LogP) is 0.977. The zero-order valence-electron chi connectivity index (χ0n) is 10.6. The lowest BCUT2D eigenvalue weighted by Crippen LogP contribution is -2.38. The maximum absolute atomic E-state index is 11.1. The third-order valence-electron chi connectivity index (χ3n) is 2.09. The van der Waals surface area contributed by atoms with Crippen molar-refractivity contribution in [2.45, 2.75) is 0 Å². The summed E-state index contributed by atoms with van der Waals surface area (Å²) < 4.78 is 15.2. The molecule has 2 amide bonds. The van der Waals surface area contributed by atoms with Crippen molar-refractivity contribution >= 4 is 6.03 Å². The van der Waals surface area contributed by atoms with Gasteiger partial charge < -0.3 is 24.8 Å². The van der Waals surface area contributed by atoms with Crippen molar-refractivity contribution in [1.29, 1.82) is 0 Å². The standard InChI is InChI=1S/C12H18N2O4/c1-16-9-14-12(15)13-7-8-18-11-5-3-10(17-2)4-6-11/h3-6H,7-9H2,1-2H3,(H2,13,14,15). The first-order valence-electron chi connectivity index (χ1n) is 5.53. The Kier molecular flexibility index (Phi) is 6.42. The van der Waals surface area contributed by atoms with Gasteiger partial charge in [0.15, 0.2) is 0 Å². The number of carbonyl (C=O) groups excluding carboxylic acids is 1. The van der Waals surface area contributed by atoms with E-state index < -0.39 is 0 Å². The summed E-state index contributed by atoms with van der Waals surface area (Å²) in [6.45, 7) is 0.999. The van der Waals surface area contributed by atoms with Gasteiger partial charge in [0.05, 0.1) is 13.7 Å². The highest BCUT2D eigenvalue weighted by atomic mass is 16.5. The summed E-state index contributed by atoms with van der Waals surface area (Å²) in [5, 5.41) is 5.13. The molecular weight excluding hydrogens is 236 g/mol. The number of methoxy groups -OCH3 is 2. The molecule has 2 N–H and O–H groups in total. The molecule has 0 saturated heterocycles. The summed E-state index contributed by atoms with van der Waals surface area (Å²) in [5.41, 5.74) is 0. The summed E-state index contributed by atoms with van der Waals surface area (Å²) >= 11 is 0. The molecule has 0 saturated carbocycles. The fraction of sp³-hybridized carbons (Fsp3) is 0.417. The molecule has 6 heteroatoms. The third kappa shape index (κ3) is 5.40. The molecule has 0 spiro atoms. The smallest absolute Gasteiger partial charge is 0.316 e. The highest BCUT2D eigenvalue weighted by Gasteiger charge is 1.98.